The molecular formula is C8H18O7. The topological polar surface area (TPSA) is 135 Å². The van der Waals surface area contributed by atoms with Gasteiger partial charge in [0.1, 0.15) is 6.10 Å². The quantitative estimate of drug-likeness (QED) is 0.412. The Hall–Kier alpha value is -1.18. The lowest BCUT2D eigenvalue weighted by Gasteiger charge is -1.96. The number of aliphatic hydroxyl groups is 3. The maximum Gasteiger partial charge on any atom is 0.303 e. The van der Waals surface area contributed by atoms with Gasteiger partial charge in [-0.05, 0) is 0 Å². The molecule has 0 aromatic carbocycles. The zero-order chi connectivity index (χ0) is 12.9. The molecule has 0 spiro atoms. The Kier molecular flexibility index (Phi) is 19.8. The molecule has 0 aromatic heterocycles. The maximum absolute atomic E-state index is 9.37. The molecular weight excluding hydrogens is 208 g/mol. The lowest BCUT2D eigenvalue weighted by molar-refractivity contribution is -0.137. The van der Waals surface area contributed by atoms with Crippen LogP contribution in [0.15, 0.2) is 0 Å². The van der Waals surface area contributed by atoms with E-state index in [2.05, 4.69) is 0 Å². The Morgan fingerprint density at radius 2 is 1.33 bits per heavy atom. The fourth-order valence-corrected chi connectivity index (χ4v) is 0.0577. The van der Waals surface area contributed by atoms with E-state index in [1.807, 2.05) is 0 Å². The van der Waals surface area contributed by atoms with Crippen LogP contribution >= 0.6 is 0 Å². The summed E-state index contributed by atoms with van der Waals surface area (Å²) in [7, 11) is 0. The van der Waals surface area contributed by atoms with Crippen molar-refractivity contribution < 1.29 is 35.1 Å². The first-order valence-electron chi connectivity index (χ1n) is 4.12. The van der Waals surface area contributed by atoms with Crippen molar-refractivity contribution in [3.63, 3.8) is 0 Å². The lowest BCUT2D eigenvalue weighted by Crippen LogP contribution is -2.15. The summed E-state index contributed by atoms with van der Waals surface area (Å²) in [5.41, 5.74) is 0. The average Bonchev–Trinajstić information content (AvgIpc) is 2.16. The molecule has 0 saturated carbocycles. The maximum atomic E-state index is 9.37. The number of hydrogen-bond donors (Lipinski definition) is 5. The van der Waals surface area contributed by atoms with Crippen LogP contribution in [0.2, 0.25) is 0 Å². The van der Waals surface area contributed by atoms with Crippen LogP contribution in [0.1, 0.15) is 20.3 Å². The molecule has 0 aliphatic rings. The van der Waals surface area contributed by atoms with Crippen LogP contribution in [0, 0.1) is 0 Å². The van der Waals surface area contributed by atoms with Crippen molar-refractivity contribution in [3.05, 3.63) is 0 Å². The highest BCUT2D eigenvalue weighted by Gasteiger charge is 1.93. The Morgan fingerprint density at radius 3 is 1.33 bits per heavy atom. The van der Waals surface area contributed by atoms with E-state index in [1.54, 1.807) is 6.92 Å². The molecule has 0 aromatic rings. The van der Waals surface area contributed by atoms with Gasteiger partial charge < -0.3 is 25.5 Å². The van der Waals surface area contributed by atoms with Gasteiger partial charge in [-0.2, -0.15) is 0 Å². The Bertz CT molecular complexity index is 149. The molecule has 0 radical (unpaired) electrons. The highest BCUT2D eigenvalue weighted by Crippen LogP contribution is 1.71. The van der Waals surface area contributed by atoms with E-state index in [1.165, 1.54) is 0 Å². The first-order chi connectivity index (χ1) is 6.81. The van der Waals surface area contributed by atoms with Crippen LogP contribution in [0.5, 0.6) is 0 Å². The molecule has 5 N–H and O–H groups in total. The van der Waals surface area contributed by atoms with Gasteiger partial charge in [-0.25, -0.2) is 0 Å². The Morgan fingerprint density at radius 1 is 1.13 bits per heavy atom. The molecule has 7 heteroatoms. The Balaban J connectivity index is -0.000000147. The smallest absolute Gasteiger partial charge is 0.303 e. The van der Waals surface area contributed by atoms with Crippen molar-refractivity contribution in [2.75, 3.05) is 13.2 Å². The second-order valence-corrected chi connectivity index (χ2v) is 2.29. The van der Waals surface area contributed by atoms with Gasteiger partial charge in [0.05, 0.1) is 13.2 Å². The molecule has 0 atom stereocenters. The van der Waals surface area contributed by atoms with E-state index < -0.39 is 18.0 Å². The Labute approximate surface area is 87.6 Å². The highest BCUT2D eigenvalue weighted by molar-refractivity contribution is 5.66. The van der Waals surface area contributed by atoms with Crippen LogP contribution in [0.4, 0.5) is 0 Å². The van der Waals surface area contributed by atoms with Crippen molar-refractivity contribution in [3.8, 4) is 0 Å². The van der Waals surface area contributed by atoms with Gasteiger partial charge >= 0.3 is 5.97 Å². The number of aliphatic hydroxyl groups excluding tert-OH is 3. The summed E-state index contributed by atoms with van der Waals surface area (Å²) in [6.45, 7) is 1.95. The molecule has 0 aliphatic carbocycles. The monoisotopic (exact) mass is 226 g/mol. The van der Waals surface area contributed by atoms with Crippen molar-refractivity contribution in [2.45, 2.75) is 26.4 Å². The van der Waals surface area contributed by atoms with Gasteiger partial charge in [-0.3, -0.25) is 9.59 Å². The zero-order valence-corrected chi connectivity index (χ0v) is 8.75. The average molecular weight is 226 g/mol. The summed E-state index contributed by atoms with van der Waals surface area (Å²) in [6, 6.07) is 0. The summed E-state index contributed by atoms with van der Waals surface area (Å²) in [6.07, 6.45) is -0.731. The van der Waals surface area contributed by atoms with Crippen LogP contribution in [-0.2, 0) is 9.59 Å². The van der Waals surface area contributed by atoms with Gasteiger partial charge in [-0.1, -0.05) is 6.92 Å². The van der Waals surface area contributed by atoms with Gasteiger partial charge in [0.2, 0.25) is 0 Å². The highest BCUT2D eigenvalue weighted by atomic mass is 16.4. The largest absolute Gasteiger partial charge is 0.481 e. The zero-order valence-electron chi connectivity index (χ0n) is 8.75. The third-order valence-electron chi connectivity index (χ3n) is 0.724. The van der Waals surface area contributed by atoms with E-state index in [9.17, 15) is 4.79 Å². The fraction of sp³-hybridized carbons (Fsp3) is 0.750. The van der Waals surface area contributed by atoms with Crippen molar-refractivity contribution >= 4 is 11.9 Å². The van der Waals surface area contributed by atoms with Crippen molar-refractivity contribution in [2.24, 2.45) is 0 Å². The van der Waals surface area contributed by atoms with Gasteiger partial charge in [-0.15, -0.1) is 0 Å². The molecule has 0 amide bonds. The molecule has 0 unspecified atom stereocenters. The van der Waals surface area contributed by atoms with E-state index >= 15 is 0 Å². The minimum absolute atomic E-state index is 0.222. The molecule has 7 nitrogen and oxygen atoms in total. The molecule has 15 heavy (non-hydrogen) atoms. The van der Waals surface area contributed by atoms with Crippen molar-refractivity contribution in [1.29, 1.82) is 0 Å². The van der Waals surface area contributed by atoms with Crippen LogP contribution in [-0.4, -0.2) is 56.8 Å². The molecule has 0 saturated heterocycles. The van der Waals surface area contributed by atoms with E-state index in [4.69, 9.17) is 30.3 Å². The molecule has 0 bridgehead atoms. The van der Waals surface area contributed by atoms with Crippen LogP contribution < -0.4 is 0 Å². The predicted molar refractivity (Wildman–Crippen MR) is 51.4 cm³/mol. The minimum Gasteiger partial charge on any atom is -0.481 e. The molecule has 0 fully saturated rings. The van der Waals surface area contributed by atoms with E-state index in [0.717, 1.165) is 6.92 Å². The normalized spacial score (nSPS) is 8.13. The SMILES string of the molecule is CC(=O)O.CCC(=O)O.OCC(O)CO. The summed E-state index contributed by atoms with van der Waals surface area (Å²) < 4.78 is 0. The number of carboxylic acids is 2. The third-order valence-corrected chi connectivity index (χ3v) is 0.724. The predicted octanol–water partition coefficient (Wildman–Crippen LogP) is -1.10. The number of carboxylic acid groups (broad SMARTS) is 2. The summed E-state index contributed by atoms with van der Waals surface area (Å²) in [5.74, 6) is -1.58. The second kappa shape index (κ2) is 15.3. The number of rotatable bonds is 3. The molecule has 0 heterocycles. The number of carbonyl (C=O) groups is 2. The second-order valence-electron chi connectivity index (χ2n) is 2.29. The van der Waals surface area contributed by atoms with Gasteiger partial charge in [0.15, 0.2) is 0 Å². The summed E-state index contributed by atoms with van der Waals surface area (Å²) in [5, 5.41) is 39.2. The summed E-state index contributed by atoms with van der Waals surface area (Å²) in [4.78, 5) is 18.4. The first-order valence-corrected chi connectivity index (χ1v) is 4.12. The lowest BCUT2D eigenvalue weighted by atomic mass is 10.4. The number of hydrogen-bond acceptors (Lipinski definition) is 5. The van der Waals surface area contributed by atoms with E-state index in [-0.39, 0.29) is 19.6 Å². The van der Waals surface area contributed by atoms with Crippen LogP contribution in [0.25, 0.3) is 0 Å². The molecule has 0 rings (SSSR count). The summed E-state index contributed by atoms with van der Waals surface area (Å²) >= 11 is 0. The molecule has 92 valence electrons. The fourth-order valence-electron chi connectivity index (χ4n) is 0.0577. The molecule has 0 aliphatic heterocycles. The third kappa shape index (κ3) is 64.6. The first kappa shape index (κ1) is 19.4. The van der Waals surface area contributed by atoms with E-state index in [0.29, 0.717) is 0 Å². The standard InChI is InChI=1S/C3H8O3.C3H6O2.C2H4O2/c4-1-3(6)2-5;1-2-3(4)5;1-2(3)4/h3-6H,1-2H2;2H2,1H3,(H,4,5);1H3,(H,3,4). The van der Waals surface area contributed by atoms with Crippen LogP contribution in [0.3, 0.4) is 0 Å². The van der Waals surface area contributed by atoms with Gasteiger partial charge in [0.25, 0.3) is 5.97 Å². The van der Waals surface area contributed by atoms with Gasteiger partial charge in [0, 0.05) is 13.3 Å². The van der Waals surface area contributed by atoms with Crippen molar-refractivity contribution in [1.82, 2.24) is 0 Å². The number of aliphatic carboxylic acids is 2. The minimum atomic E-state index is -0.954.